The lowest BCUT2D eigenvalue weighted by molar-refractivity contribution is 0.686. The molecule has 0 saturated carbocycles. The maximum atomic E-state index is 5.64. The van der Waals surface area contributed by atoms with Crippen molar-refractivity contribution >= 4 is 5.69 Å². The molecule has 0 atom stereocenters. The van der Waals surface area contributed by atoms with Crippen LogP contribution in [0.15, 0.2) is 30.6 Å². The fourth-order valence-corrected chi connectivity index (χ4v) is 2.38. The van der Waals surface area contributed by atoms with E-state index >= 15 is 0 Å². The Kier molecular flexibility index (Phi) is 2.17. The molecular weight excluding hydrogens is 198 g/mol. The monoisotopic (exact) mass is 213 g/mol. The van der Waals surface area contributed by atoms with Crippen molar-refractivity contribution in [2.45, 2.75) is 25.8 Å². The third-order valence-corrected chi connectivity index (χ3v) is 3.16. The van der Waals surface area contributed by atoms with Crippen molar-refractivity contribution in [2.75, 3.05) is 5.73 Å². The van der Waals surface area contributed by atoms with Crippen LogP contribution in [0.4, 0.5) is 5.69 Å². The second-order valence-electron chi connectivity index (χ2n) is 4.43. The van der Waals surface area contributed by atoms with Crippen LogP contribution < -0.4 is 5.73 Å². The van der Waals surface area contributed by atoms with Crippen LogP contribution in [0.1, 0.15) is 23.1 Å². The van der Waals surface area contributed by atoms with Gasteiger partial charge in [-0.2, -0.15) is 5.10 Å². The van der Waals surface area contributed by atoms with Crippen LogP contribution in [0.2, 0.25) is 0 Å². The molecule has 3 nitrogen and oxygen atoms in total. The van der Waals surface area contributed by atoms with Gasteiger partial charge in [0.25, 0.3) is 0 Å². The average Bonchev–Trinajstić information content (AvgIpc) is 2.87. The van der Waals surface area contributed by atoms with Crippen molar-refractivity contribution in [3.63, 3.8) is 0 Å². The summed E-state index contributed by atoms with van der Waals surface area (Å²) in [6.45, 7) is 0.810. The number of hydrogen-bond donors (Lipinski definition) is 1. The lowest BCUT2D eigenvalue weighted by atomic mass is 10.1. The quantitative estimate of drug-likeness (QED) is 0.829. The predicted molar refractivity (Wildman–Crippen MR) is 64.2 cm³/mol. The topological polar surface area (TPSA) is 43.8 Å². The first-order valence-electron chi connectivity index (χ1n) is 5.70. The number of fused-ring (bicyclic) bond motifs is 1. The minimum Gasteiger partial charge on any atom is -0.396 e. The molecule has 0 saturated heterocycles. The molecule has 0 bridgehead atoms. The Morgan fingerprint density at radius 2 is 2.12 bits per heavy atom. The van der Waals surface area contributed by atoms with Gasteiger partial charge in [0.2, 0.25) is 0 Å². The van der Waals surface area contributed by atoms with E-state index in [0.29, 0.717) is 0 Å². The van der Waals surface area contributed by atoms with Crippen LogP contribution in [-0.2, 0) is 19.4 Å². The van der Waals surface area contributed by atoms with Crippen LogP contribution in [0.25, 0.3) is 0 Å². The number of anilines is 1. The molecule has 0 spiro atoms. The smallest absolute Gasteiger partial charge is 0.0719 e. The first-order chi connectivity index (χ1) is 7.81. The molecule has 1 aliphatic rings. The van der Waals surface area contributed by atoms with E-state index in [2.05, 4.69) is 23.3 Å². The maximum Gasteiger partial charge on any atom is 0.0719 e. The molecule has 1 aromatic heterocycles. The molecule has 3 rings (SSSR count). The van der Waals surface area contributed by atoms with Crippen molar-refractivity contribution in [3.05, 3.63) is 47.3 Å². The molecule has 1 aromatic carbocycles. The zero-order chi connectivity index (χ0) is 11.0. The summed E-state index contributed by atoms with van der Waals surface area (Å²) in [5.74, 6) is 0. The Bertz CT molecular complexity index is 514. The molecule has 0 radical (unpaired) electrons. The van der Waals surface area contributed by atoms with Gasteiger partial charge in [-0.1, -0.05) is 18.2 Å². The standard InChI is InChI=1S/C13H15N3/c14-13-7-15-16(9-13)8-10-4-5-11-2-1-3-12(11)6-10/h4-7,9H,1-3,8,14H2. The van der Waals surface area contributed by atoms with Gasteiger partial charge in [-0.3, -0.25) is 4.68 Å². The SMILES string of the molecule is Nc1cnn(Cc2ccc3c(c2)CCC3)c1. The number of aromatic nitrogens is 2. The Balaban J connectivity index is 1.85. The Morgan fingerprint density at radius 3 is 2.94 bits per heavy atom. The first-order valence-corrected chi connectivity index (χ1v) is 5.70. The van der Waals surface area contributed by atoms with Crippen molar-refractivity contribution in [3.8, 4) is 0 Å². The second-order valence-corrected chi connectivity index (χ2v) is 4.43. The molecule has 0 amide bonds. The van der Waals surface area contributed by atoms with Gasteiger partial charge in [0.05, 0.1) is 18.4 Å². The van der Waals surface area contributed by atoms with E-state index in [4.69, 9.17) is 5.73 Å². The van der Waals surface area contributed by atoms with Gasteiger partial charge in [-0.15, -0.1) is 0 Å². The minimum atomic E-state index is 0.723. The van der Waals surface area contributed by atoms with Gasteiger partial charge in [-0.05, 0) is 36.0 Å². The normalized spacial score (nSPS) is 14.0. The lowest BCUT2D eigenvalue weighted by Crippen LogP contribution is -2.00. The Hall–Kier alpha value is -1.77. The number of nitrogen functional groups attached to an aromatic ring is 1. The van der Waals surface area contributed by atoms with E-state index in [1.54, 1.807) is 6.20 Å². The van der Waals surface area contributed by atoms with E-state index in [1.807, 2.05) is 10.9 Å². The molecule has 2 N–H and O–H groups in total. The van der Waals surface area contributed by atoms with E-state index in [9.17, 15) is 0 Å². The summed E-state index contributed by atoms with van der Waals surface area (Å²) in [6.07, 6.45) is 7.32. The highest BCUT2D eigenvalue weighted by molar-refractivity contribution is 5.36. The molecule has 1 aliphatic carbocycles. The fourth-order valence-electron chi connectivity index (χ4n) is 2.38. The van der Waals surface area contributed by atoms with Crippen molar-refractivity contribution < 1.29 is 0 Å². The summed E-state index contributed by atoms with van der Waals surface area (Å²) >= 11 is 0. The second kappa shape index (κ2) is 3.67. The summed E-state index contributed by atoms with van der Waals surface area (Å²) in [4.78, 5) is 0. The molecule has 2 aromatic rings. The van der Waals surface area contributed by atoms with Crippen molar-refractivity contribution in [2.24, 2.45) is 0 Å². The number of hydrogen-bond acceptors (Lipinski definition) is 2. The number of benzene rings is 1. The first kappa shape index (κ1) is 9.46. The number of nitrogens with two attached hydrogens (primary N) is 1. The predicted octanol–water partition coefficient (Wildman–Crippen LogP) is 2.00. The maximum absolute atomic E-state index is 5.64. The molecule has 16 heavy (non-hydrogen) atoms. The summed E-state index contributed by atoms with van der Waals surface area (Å²) < 4.78 is 1.88. The van der Waals surface area contributed by atoms with Gasteiger partial charge >= 0.3 is 0 Å². The van der Waals surface area contributed by atoms with Gasteiger partial charge < -0.3 is 5.73 Å². The van der Waals surface area contributed by atoms with Crippen LogP contribution in [0.5, 0.6) is 0 Å². The fraction of sp³-hybridized carbons (Fsp3) is 0.308. The third kappa shape index (κ3) is 1.69. The number of aryl methyl sites for hydroxylation is 2. The molecule has 82 valence electrons. The van der Waals surface area contributed by atoms with Gasteiger partial charge in [0.1, 0.15) is 0 Å². The molecular formula is C13H15N3. The highest BCUT2D eigenvalue weighted by Gasteiger charge is 2.10. The van der Waals surface area contributed by atoms with Crippen molar-refractivity contribution in [1.82, 2.24) is 9.78 Å². The Labute approximate surface area is 94.9 Å². The van der Waals surface area contributed by atoms with Gasteiger partial charge in [0, 0.05) is 6.20 Å². The van der Waals surface area contributed by atoms with Gasteiger partial charge in [0.15, 0.2) is 0 Å². The zero-order valence-electron chi connectivity index (χ0n) is 9.19. The van der Waals surface area contributed by atoms with Crippen LogP contribution >= 0.6 is 0 Å². The van der Waals surface area contributed by atoms with E-state index in [-0.39, 0.29) is 0 Å². The third-order valence-electron chi connectivity index (χ3n) is 3.16. The summed E-state index contributed by atoms with van der Waals surface area (Å²) in [5.41, 5.74) is 10.7. The largest absolute Gasteiger partial charge is 0.396 e. The van der Waals surface area contributed by atoms with E-state index in [0.717, 1.165) is 12.2 Å². The highest BCUT2D eigenvalue weighted by Crippen LogP contribution is 2.23. The molecule has 1 heterocycles. The summed E-state index contributed by atoms with van der Waals surface area (Å²) in [6, 6.07) is 6.76. The Morgan fingerprint density at radius 1 is 1.25 bits per heavy atom. The van der Waals surface area contributed by atoms with Crippen molar-refractivity contribution in [1.29, 1.82) is 0 Å². The minimum absolute atomic E-state index is 0.723. The number of rotatable bonds is 2. The average molecular weight is 213 g/mol. The molecule has 3 heteroatoms. The van der Waals surface area contributed by atoms with Gasteiger partial charge in [-0.25, -0.2) is 0 Å². The highest BCUT2D eigenvalue weighted by atomic mass is 15.3. The molecule has 0 fully saturated rings. The van der Waals surface area contributed by atoms with Crippen LogP contribution in [0, 0.1) is 0 Å². The lowest BCUT2D eigenvalue weighted by Gasteiger charge is -2.05. The molecule has 0 aliphatic heterocycles. The summed E-state index contributed by atoms with van der Waals surface area (Å²) in [7, 11) is 0. The van der Waals surface area contributed by atoms with Crippen LogP contribution in [-0.4, -0.2) is 9.78 Å². The molecule has 0 unspecified atom stereocenters. The number of nitrogens with zero attached hydrogens (tertiary/aromatic N) is 2. The van der Waals surface area contributed by atoms with E-state index in [1.165, 1.54) is 36.0 Å². The zero-order valence-corrected chi connectivity index (χ0v) is 9.19. The van der Waals surface area contributed by atoms with E-state index < -0.39 is 0 Å². The summed E-state index contributed by atoms with van der Waals surface area (Å²) in [5, 5.41) is 4.20. The van der Waals surface area contributed by atoms with Crippen LogP contribution in [0.3, 0.4) is 0 Å².